The minimum atomic E-state index is -0.385. The van der Waals surface area contributed by atoms with Crippen molar-refractivity contribution >= 4 is 5.91 Å². The molecule has 0 bridgehead atoms. The van der Waals surface area contributed by atoms with Gasteiger partial charge < -0.3 is 20.5 Å². The van der Waals surface area contributed by atoms with Crippen molar-refractivity contribution in [3.8, 4) is 0 Å². The molecule has 2 heterocycles. The van der Waals surface area contributed by atoms with E-state index < -0.39 is 0 Å². The first-order valence-corrected chi connectivity index (χ1v) is 8.38. The van der Waals surface area contributed by atoms with Crippen molar-refractivity contribution in [2.45, 2.75) is 38.5 Å². The fraction of sp³-hybridized carbons (Fsp3) is 0.938. The van der Waals surface area contributed by atoms with Gasteiger partial charge in [0.2, 0.25) is 5.91 Å². The first-order chi connectivity index (χ1) is 10.2. The summed E-state index contributed by atoms with van der Waals surface area (Å²) in [5, 5.41) is 16.3. The molecule has 0 aromatic carbocycles. The van der Waals surface area contributed by atoms with Gasteiger partial charge in [0.1, 0.15) is 0 Å². The lowest BCUT2D eigenvalue weighted by molar-refractivity contribution is -0.142. The van der Waals surface area contributed by atoms with E-state index in [1.165, 1.54) is 6.42 Å². The number of aliphatic hydroxyl groups excluding tert-OH is 1. The van der Waals surface area contributed by atoms with Crippen molar-refractivity contribution in [3.05, 3.63) is 0 Å². The van der Waals surface area contributed by atoms with Crippen LogP contribution in [0.15, 0.2) is 0 Å². The van der Waals surface area contributed by atoms with Gasteiger partial charge in [-0.3, -0.25) is 4.79 Å². The van der Waals surface area contributed by atoms with Gasteiger partial charge in [-0.25, -0.2) is 0 Å². The van der Waals surface area contributed by atoms with Gasteiger partial charge in [0, 0.05) is 25.1 Å². The second-order valence-corrected chi connectivity index (χ2v) is 7.23. The van der Waals surface area contributed by atoms with Crippen LogP contribution in [0.1, 0.15) is 38.5 Å². The van der Waals surface area contributed by atoms with Gasteiger partial charge >= 0.3 is 0 Å². The van der Waals surface area contributed by atoms with Crippen LogP contribution in [-0.2, 0) is 9.53 Å². The minimum Gasteiger partial charge on any atom is -0.396 e. The third-order valence-corrected chi connectivity index (χ3v) is 5.91. The Balaban J connectivity index is 1.62. The molecule has 3 fully saturated rings. The summed E-state index contributed by atoms with van der Waals surface area (Å²) in [4.78, 5) is 12.8. The third kappa shape index (κ3) is 2.83. The highest BCUT2D eigenvalue weighted by Crippen LogP contribution is 2.39. The normalized spacial score (nSPS) is 35.2. The van der Waals surface area contributed by atoms with Crippen LogP contribution in [0.5, 0.6) is 0 Å². The van der Waals surface area contributed by atoms with E-state index in [2.05, 4.69) is 10.6 Å². The topological polar surface area (TPSA) is 70.6 Å². The molecule has 0 radical (unpaired) electrons. The summed E-state index contributed by atoms with van der Waals surface area (Å²) in [5.74, 6) is 0.512. The maximum absolute atomic E-state index is 12.8. The van der Waals surface area contributed by atoms with Crippen molar-refractivity contribution in [2.75, 3.05) is 39.5 Å². The smallest absolute Gasteiger partial charge is 0.230 e. The van der Waals surface area contributed by atoms with Crippen LogP contribution in [0, 0.1) is 16.7 Å². The van der Waals surface area contributed by atoms with Gasteiger partial charge in [0.25, 0.3) is 0 Å². The SMILES string of the molecule is O=C(NCC1(CO)CCCCC1)[C@]12CNC[C@H]1CCOC2. The lowest BCUT2D eigenvalue weighted by atomic mass is 9.73. The van der Waals surface area contributed by atoms with Gasteiger partial charge in [0.15, 0.2) is 0 Å². The summed E-state index contributed by atoms with van der Waals surface area (Å²) in [7, 11) is 0. The molecule has 21 heavy (non-hydrogen) atoms. The highest BCUT2D eigenvalue weighted by molar-refractivity contribution is 5.84. The van der Waals surface area contributed by atoms with Gasteiger partial charge in [-0.05, 0) is 31.7 Å². The molecule has 3 rings (SSSR count). The Bertz CT molecular complexity index is 382. The van der Waals surface area contributed by atoms with Crippen LogP contribution >= 0.6 is 0 Å². The number of carbonyl (C=O) groups is 1. The zero-order valence-electron chi connectivity index (χ0n) is 12.8. The van der Waals surface area contributed by atoms with Crippen LogP contribution in [0.2, 0.25) is 0 Å². The Morgan fingerprint density at radius 1 is 1.33 bits per heavy atom. The number of nitrogens with one attached hydrogen (secondary N) is 2. The summed E-state index contributed by atoms with van der Waals surface area (Å²) in [5.41, 5.74) is -0.481. The fourth-order valence-corrected chi connectivity index (χ4v) is 4.30. The Kier molecular flexibility index (Phi) is 4.52. The third-order valence-electron chi connectivity index (χ3n) is 5.91. The first kappa shape index (κ1) is 15.3. The van der Waals surface area contributed by atoms with Crippen LogP contribution in [0.4, 0.5) is 0 Å². The zero-order valence-corrected chi connectivity index (χ0v) is 12.8. The second-order valence-electron chi connectivity index (χ2n) is 7.23. The monoisotopic (exact) mass is 296 g/mol. The molecule has 3 N–H and O–H groups in total. The molecule has 1 saturated carbocycles. The van der Waals surface area contributed by atoms with Crippen molar-refractivity contribution in [2.24, 2.45) is 16.7 Å². The molecule has 0 aromatic heterocycles. The molecule has 2 aliphatic heterocycles. The Morgan fingerprint density at radius 3 is 2.90 bits per heavy atom. The molecule has 5 nitrogen and oxygen atoms in total. The molecule has 2 saturated heterocycles. The molecule has 2 atom stereocenters. The summed E-state index contributed by atoms with van der Waals surface area (Å²) >= 11 is 0. The number of amides is 1. The van der Waals surface area contributed by atoms with Crippen molar-refractivity contribution in [1.29, 1.82) is 0 Å². The Labute approximate surface area is 126 Å². The lowest BCUT2D eigenvalue weighted by Gasteiger charge is -2.40. The molecule has 1 aliphatic carbocycles. The number of hydrogen-bond acceptors (Lipinski definition) is 4. The van der Waals surface area contributed by atoms with E-state index in [1.54, 1.807) is 0 Å². The van der Waals surface area contributed by atoms with Crippen molar-refractivity contribution < 1.29 is 14.6 Å². The van der Waals surface area contributed by atoms with Gasteiger partial charge in [0.05, 0.1) is 18.6 Å². The van der Waals surface area contributed by atoms with Gasteiger partial charge in [-0.1, -0.05) is 19.3 Å². The van der Waals surface area contributed by atoms with E-state index in [-0.39, 0.29) is 23.3 Å². The van der Waals surface area contributed by atoms with Crippen molar-refractivity contribution in [3.63, 3.8) is 0 Å². The number of hydrogen-bond donors (Lipinski definition) is 3. The lowest BCUT2D eigenvalue weighted by Crippen LogP contribution is -2.54. The number of fused-ring (bicyclic) bond motifs is 1. The number of rotatable bonds is 4. The fourth-order valence-electron chi connectivity index (χ4n) is 4.30. The molecule has 0 unspecified atom stereocenters. The van der Waals surface area contributed by atoms with E-state index >= 15 is 0 Å². The average molecular weight is 296 g/mol. The number of ether oxygens (including phenoxy) is 1. The first-order valence-electron chi connectivity index (χ1n) is 8.38. The molecular weight excluding hydrogens is 268 g/mol. The molecular formula is C16H28N2O3. The summed E-state index contributed by atoms with van der Waals surface area (Å²) in [6, 6.07) is 0. The van der Waals surface area contributed by atoms with Gasteiger partial charge in [-0.15, -0.1) is 0 Å². The summed E-state index contributed by atoms with van der Waals surface area (Å²) < 4.78 is 5.60. The van der Waals surface area contributed by atoms with Crippen LogP contribution in [0.3, 0.4) is 0 Å². The van der Waals surface area contributed by atoms with Crippen LogP contribution in [-0.4, -0.2) is 50.5 Å². The molecule has 5 heteroatoms. The summed E-state index contributed by atoms with van der Waals surface area (Å²) in [6.07, 6.45) is 6.58. The molecule has 0 aromatic rings. The Morgan fingerprint density at radius 2 is 2.14 bits per heavy atom. The molecule has 0 spiro atoms. The van der Waals surface area contributed by atoms with E-state index in [4.69, 9.17) is 4.74 Å². The van der Waals surface area contributed by atoms with Gasteiger partial charge in [-0.2, -0.15) is 0 Å². The maximum atomic E-state index is 12.8. The van der Waals surface area contributed by atoms with Crippen molar-refractivity contribution in [1.82, 2.24) is 10.6 Å². The predicted octanol–water partition coefficient (Wildman–Crippen LogP) is 0.671. The van der Waals surface area contributed by atoms with Crippen LogP contribution in [0.25, 0.3) is 0 Å². The standard InChI is InChI=1S/C16H28N2O3/c19-11-15(5-2-1-3-6-15)9-18-14(20)16-10-17-8-13(16)4-7-21-12-16/h13,17,19H,1-12H2,(H,18,20)/t13-,16+/m1/s1. The molecule has 120 valence electrons. The second kappa shape index (κ2) is 6.23. The number of aliphatic hydroxyl groups is 1. The Hall–Kier alpha value is -0.650. The molecule has 1 amide bonds. The molecule has 3 aliphatic rings. The van der Waals surface area contributed by atoms with E-state index in [0.717, 1.165) is 51.8 Å². The minimum absolute atomic E-state index is 0.0956. The zero-order chi connectivity index (χ0) is 14.8. The maximum Gasteiger partial charge on any atom is 0.230 e. The highest BCUT2D eigenvalue weighted by Gasteiger charge is 2.51. The predicted molar refractivity (Wildman–Crippen MR) is 79.8 cm³/mol. The van der Waals surface area contributed by atoms with E-state index in [1.807, 2.05) is 0 Å². The summed E-state index contributed by atoms with van der Waals surface area (Å²) in [6.45, 7) is 3.72. The quantitative estimate of drug-likeness (QED) is 0.713. The largest absolute Gasteiger partial charge is 0.396 e. The van der Waals surface area contributed by atoms with E-state index in [9.17, 15) is 9.90 Å². The average Bonchev–Trinajstić information content (AvgIpc) is 2.98. The highest BCUT2D eigenvalue weighted by atomic mass is 16.5. The number of carbonyl (C=O) groups excluding carboxylic acids is 1. The van der Waals surface area contributed by atoms with E-state index in [0.29, 0.717) is 19.1 Å². The van der Waals surface area contributed by atoms with Crippen LogP contribution < -0.4 is 10.6 Å².